The molecule has 0 fully saturated rings. The Balaban J connectivity index is 0.000000403. The summed E-state index contributed by atoms with van der Waals surface area (Å²) in [7, 11) is 0. The molecule has 0 aliphatic heterocycles. The molecule has 2 rings (SSSR count). The van der Waals surface area contributed by atoms with Crippen LogP contribution in [0.15, 0.2) is 61.7 Å². The zero-order valence-electron chi connectivity index (χ0n) is 12.5. The number of benzene rings is 2. The van der Waals surface area contributed by atoms with E-state index in [1.165, 1.54) is 24.3 Å². The summed E-state index contributed by atoms with van der Waals surface area (Å²) in [6.45, 7) is 6.97. The molecule has 0 bridgehead atoms. The Hall–Kier alpha value is -1.57. The third-order valence-corrected chi connectivity index (χ3v) is 2.80. The van der Waals surface area contributed by atoms with Crippen molar-refractivity contribution in [3.05, 3.63) is 83.9 Å². The van der Waals surface area contributed by atoms with E-state index in [9.17, 15) is 19.8 Å². The van der Waals surface area contributed by atoms with E-state index in [-0.39, 0.29) is 60.0 Å². The summed E-state index contributed by atoms with van der Waals surface area (Å²) < 4.78 is 0. The molecule has 0 heterocycles. The first-order chi connectivity index (χ1) is 10.5. The second-order valence-corrected chi connectivity index (χ2v) is 4.16. The van der Waals surface area contributed by atoms with Gasteiger partial charge in [0.1, 0.15) is 0 Å². The van der Waals surface area contributed by atoms with Crippen molar-refractivity contribution in [3.63, 3.8) is 0 Å². The van der Waals surface area contributed by atoms with Crippen LogP contribution < -0.4 is 10.2 Å². The summed E-state index contributed by atoms with van der Waals surface area (Å²) in [5.41, 5.74) is 1.55. The van der Waals surface area contributed by atoms with Crippen molar-refractivity contribution in [1.29, 1.82) is 0 Å². The van der Waals surface area contributed by atoms with Crippen LogP contribution in [0.3, 0.4) is 0 Å². The van der Waals surface area contributed by atoms with Gasteiger partial charge in [-0.15, -0.1) is 0 Å². The van der Waals surface area contributed by atoms with Gasteiger partial charge in [0.25, 0.3) is 0 Å². The smallest absolute Gasteiger partial charge is 0.545 e. The van der Waals surface area contributed by atoms with Gasteiger partial charge in [0, 0.05) is 11.1 Å². The fraction of sp³-hybridized carbons (Fsp3) is 0. The Bertz CT molecular complexity index is 646. The number of carboxylic acid groups (broad SMARTS) is 2. The number of carbonyl (C=O) groups is 2. The minimum atomic E-state index is -1.17. The minimum Gasteiger partial charge on any atom is -0.545 e. The second-order valence-electron chi connectivity index (χ2n) is 4.16. The summed E-state index contributed by atoms with van der Waals surface area (Å²) in [4.78, 5) is 20.8. The molecule has 2 aromatic carbocycles. The molecule has 0 spiro atoms. The number of aromatic carboxylic acids is 2. The SMILES string of the molecule is C=Cc1ccccc1C(=O)[O-].C=Cc1ccccc1C(=O)[O-].[Ba+2]. The number of rotatable bonds is 4. The zero-order chi connectivity index (χ0) is 16.5. The minimum absolute atomic E-state index is 0. The van der Waals surface area contributed by atoms with Crippen LogP contribution >= 0.6 is 0 Å². The van der Waals surface area contributed by atoms with Gasteiger partial charge in [0.05, 0.1) is 11.9 Å². The predicted molar refractivity (Wildman–Crippen MR) is 87.5 cm³/mol. The molecule has 23 heavy (non-hydrogen) atoms. The molecule has 2 aromatic rings. The molecule has 0 radical (unpaired) electrons. The molecule has 112 valence electrons. The Morgan fingerprint density at radius 2 is 1.04 bits per heavy atom. The van der Waals surface area contributed by atoms with E-state index in [1.54, 1.807) is 36.4 Å². The quantitative estimate of drug-likeness (QED) is 0.677. The van der Waals surface area contributed by atoms with Crippen LogP contribution in [0.5, 0.6) is 0 Å². The molecule has 0 aliphatic rings. The fourth-order valence-electron chi connectivity index (χ4n) is 1.72. The van der Waals surface area contributed by atoms with E-state index < -0.39 is 11.9 Å². The number of carbonyl (C=O) groups excluding carboxylic acids is 2. The number of hydrogen-bond acceptors (Lipinski definition) is 4. The normalized spacial score (nSPS) is 8.70. The van der Waals surface area contributed by atoms with Gasteiger partial charge in [0.15, 0.2) is 0 Å². The first kappa shape index (κ1) is 21.4. The molecule has 0 amide bonds. The Morgan fingerprint density at radius 1 is 0.739 bits per heavy atom. The maximum Gasteiger partial charge on any atom is 2.00 e. The van der Waals surface area contributed by atoms with Crippen molar-refractivity contribution in [2.45, 2.75) is 0 Å². The first-order valence-corrected chi connectivity index (χ1v) is 6.37. The van der Waals surface area contributed by atoms with Crippen LogP contribution in [0.4, 0.5) is 0 Å². The molecule has 0 aromatic heterocycles. The van der Waals surface area contributed by atoms with Crippen LogP contribution in [0, 0.1) is 0 Å². The van der Waals surface area contributed by atoms with Gasteiger partial charge in [-0.3, -0.25) is 0 Å². The van der Waals surface area contributed by atoms with E-state index in [4.69, 9.17) is 0 Å². The molecule has 0 unspecified atom stereocenters. The van der Waals surface area contributed by atoms with Gasteiger partial charge in [-0.1, -0.05) is 73.8 Å². The third kappa shape index (κ3) is 6.60. The van der Waals surface area contributed by atoms with Gasteiger partial charge in [-0.2, -0.15) is 0 Å². The Labute approximate surface area is 175 Å². The summed E-state index contributed by atoms with van der Waals surface area (Å²) in [6, 6.07) is 13.2. The van der Waals surface area contributed by atoms with Crippen molar-refractivity contribution in [2.24, 2.45) is 0 Å². The molecular weight excluding hydrogens is 418 g/mol. The molecule has 5 heteroatoms. The van der Waals surface area contributed by atoms with Crippen LogP contribution in [0.25, 0.3) is 12.2 Å². The van der Waals surface area contributed by atoms with Crippen LogP contribution in [0.2, 0.25) is 0 Å². The van der Waals surface area contributed by atoms with Gasteiger partial charge in [-0.05, 0) is 11.1 Å². The van der Waals surface area contributed by atoms with Crippen molar-refractivity contribution in [1.82, 2.24) is 0 Å². The summed E-state index contributed by atoms with van der Waals surface area (Å²) in [5, 5.41) is 20.8. The van der Waals surface area contributed by atoms with E-state index in [1.807, 2.05) is 0 Å². The number of carboxylic acids is 2. The van der Waals surface area contributed by atoms with Gasteiger partial charge in [-0.25, -0.2) is 0 Å². The van der Waals surface area contributed by atoms with Gasteiger partial charge in [0.2, 0.25) is 0 Å². The zero-order valence-corrected chi connectivity index (χ0v) is 17.0. The van der Waals surface area contributed by atoms with Crippen molar-refractivity contribution >= 4 is 73.0 Å². The van der Waals surface area contributed by atoms with E-state index in [2.05, 4.69) is 13.2 Å². The maximum atomic E-state index is 10.4. The topological polar surface area (TPSA) is 80.3 Å². The van der Waals surface area contributed by atoms with Crippen LogP contribution in [-0.4, -0.2) is 60.8 Å². The van der Waals surface area contributed by atoms with Crippen LogP contribution in [-0.2, 0) is 0 Å². The first-order valence-electron chi connectivity index (χ1n) is 6.37. The van der Waals surface area contributed by atoms with Crippen molar-refractivity contribution in [3.8, 4) is 0 Å². The van der Waals surface area contributed by atoms with Crippen LogP contribution in [0.1, 0.15) is 31.8 Å². The summed E-state index contributed by atoms with van der Waals surface area (Å²) in [6.07, 6.45) is 2.98. The van der Waals surface area contributed by atoms with E-state index in [0.717, 1.165) is 0 Å². The molecule has 0 atom stereocenters. The molecule has 0 aliphatic carbocycles. The molecule has 0 saturated carbocycles. The Morgan fingerprint density at radius 3 is 1.26 bits per heavy atom. The maximum absolute atomic E-state index is 10.4. The predicted octanol–water partition coefficient (Wildman–Crippen LogP) is 1.01. The van der Waals surface area contributed by atoms with Crippen molar-refractivity contribution in [2.75, 3.05) is 0 Å². The van der Waals surface area contributed by atoms with E-state index in [0.29, 0.717) is 11.1 Å². The summed E-state index contributed by atoms with van der Waals surface area (Å²) >= 11 is 0. The largest absolute Gasteiger partial charge is 2.00 e. The van der Waals surface area contributed by atoms with Gasteiger partial charge >= 0.3 is 48.9 Å². The average molecular weight is 432 g/mol. The molecule has 0 N–H and O–H groups in total. The molecule has 0 saturated heterocycles. The third-order valence-electron chi connectivity index (χ3n) is 2.80. The monoisotopic (exact) mass is 432 g/mol. The standard InChI is InChI=1S/2C9H8O2.Ba/c2*1-2-7-5-3-4-6-8(7)9(10)11;/h2*2-6H,1H2,(H,10,11);/q;;+2/p-2. The van der Waals surface area contributed by atoms with Crippen molar-refractivity contribution < 1.29 is 19.8 Å². The average Bonchev–Trinajstić information content (AvgIpc) is 2.55. The Kier molecular flexibility index (Phi) is 10.3. The number of hydrogen-bond donors (Lipinski definition) is 0. The molecular formula is C18H14BaO4. The second kappa shape index (κ2) is 11.0. The molecule has 4 nitrogen and oxygen atoms in total. The summed E-state index contributed by atoms with van der Waals surface area (Å²) in [5.74, 6) is -2.33. The van der Waals surface area contributed by atoms with Gasteiger partial charge < -0.3 is 19.8 Å². The van der Waals surface area contributed by atoms with E-state index >= 15 is 0 Å². The fourth-order valence-corrected chi connectivity index (χ4v) is 1.72.